The van der Waals surface area contributed by atoms with E-state index in [0.717, 1.165) is 0 Å². The molecule has 4 nitrogen and oxygen atoms in total. The van der Waals surface area contributed by atoms with E-state index in [9.17, 15) is 0 Å². The number of hydrogen-bond donors (Lipinski definition) is 2. The summed E-state index contributed by atoms with van der Waals surface area (Å²) < 4.78 is 31.5. The predicted molar refractivity (Wildman–Crippen MR) is 100 cm³/mol. The average Bonchev–Trinajstić information content (AvgIpc) is 2.62. The summed E-state index contributed by atoms with van der Waals surface area (Å²) in [5.74, 6) is 0. The first-order valence-corrected chi connectivity index (χ1v) is 10.8. The van der Waals surface area contributed by atoms with Gasteiger partial charge in [-0.1, -0.05) is 66.7 Å². The van der Waals surface area contributed by atoms with Gasteiger partial charge in [-0.3, -0.25) is 0 Å². The third-order valence-electron chi connectivity index (χ3n) is 3.98. The van der Waals surface area contributed by atoms with Crippen LogP contribution < -0.4 is 9.32 Å². The number of halogens is 1. The molecule has 27 heavy (non-hydrogen) atoms. The van der Waals surface area contributed by atoms with E-state index in [0.29, 0.717) is 5.25 Å². The number of benzene rings is 3. The SMILES string of the molecule is C1=C(c2ccccc2)[S+](c2ccccc2)C1c1ccccc1.[O-][Cl+]([O-])(O)O. The Morgan fingerprint density at radius 1 is 0.704 bits per heavy atom. The molecule has 1 aliphatic heterocycles. The first kappa shape index (κ1) is 19.6. The molecule has 2 N–H and O–H groups in total. The zero-order chi connectivity index (χ0) is 19.3. The van der Waals surface area contributed by atoms with Crippen LogP contribution in [-0.4, -0.2) is 9.32 Å². The van der Waals surface area contributed by atoms with Gasteiger partial charge in [0.1, 0.15) is 0 Å². The van der Waals surface area contributed by atoms with Crippen molar-refractivity contribution in [1.82, 2.24) is 0 Å². The third kappa shape index (κ3) is 5.43. The van der Waals surface area contributed by atoms with Gasteiger partial charge in [0.2, 0.25) is 0 Å². The molecule has 6 heteroatoms. The summed E-state index contributed by atoms with van der Waals surface area (Å²) in [5, 5.41) is 0.499. The van der Waals surface area contributed by atoms with E-state index >= 15 is 0 Å². The Kier molecular flexibility index (Phi) is 6.34. The minimum absolute atomic E-state index is 0.124. The summed E-state index contributed by atoms with van der Waals surface area (Å²) in [5.41, 5.74) is 2.76. The number of hydrogen-bond acceptors (Lipinski definition) is 4. The maximum absolute atomic E-state index is 8.72. The molecule has 0 spiro atoms. The van der Waals surface area contributed by atoms with Crippen molar-refractivity contribution in [2.24, 2.45) is 0 Å². The Balaban J connectivity index is 0.000000376. The van der Waals surface area contributed by atoms with Crippen LogP contribution in [0, 0.1) is 10.2 Å². The van der Waals surface area contributed by atoms with Crippen LogP contribution in [0.15, 0.2) is 102 Å². The van der Waals surface area contributed by atoms with Crippen LogP contribution in [0.2, 0.25) is 0 Å². The number of rotatable bonds is 3. The molecule has 0 saturated heterocycles. The van der Waals surface area contributed by atoms with Gasteiger partial charge >= 0.3 is 28.9 Å². The fourth-order valence-corrected chi connectivity index (χ4v) is 5.30. The van der Waals surface area contributed by atoms with Crippen LogP contribution in [0.25, 0.3) is 4.91 Å². The van der Waals surface area contributed by atoms with E-state index in [4.69, 9.17) is 18.6 Å². The Morgan fingerprint density at radius 2 is 1.15 bits per heavy atom. The van der Waals surface area contributed by atoms with Gasteiger partial charge in [0.15, 0.2) is 15.1 Å². The second kappa shape index (κ2) is 8.71. The van der Waals surface area contributed by atoms with Crippen LogP contribution in [0.4, 0.5) is 0 Å². The average molecular weight is 403 g/mol. The topological polar surface area (TPSA) is 86.6 Å². The quantitative estimate of drug-likeness (QED) is 0.656. The Morgan fingerprint density at radius 3 is 1.67 bits per heavy atom. The van der Waals surface area contributed by atoms with Crippen molar-refractivity contribution in [3.8, 4) is 0 Å². The van der Waals surface area contributed by atoms with Crippen LogP contribution in [-0.2, 0) is 10.9 Å². The molecule has 3 aromatic rings. The van der Waals surface area contributed by atoms with Crippen LogP contribution in [0.3, 0.4) is 0 Å². The third-order valence-corrected chi connectivity index (χ3v) is 6.52. The van der Waals surface area contributed by atoms with E-state index in [1.165, 1.54) is 20.9 Å². The van der Waals surface area contributed by atoms with Gasteiger partial charge in [0.25, 0.3) is 0 Å². The summed E-state index contributed by atoms with van der Waals surface area (Å²) in [6.45, 7) is 0. The van der Waals surface area contributed by atoms with Crippen LogP contribution in [0.5, 0.6) is 0 Å². The molecule has 0 amide bonds. The van der Waals surface area contributed by atoms with Crippen molar-refractivity contribution < 1.29 is 28.9 Å². The zero-order valence-corrected chi connectivity index (χ0v) is 15.9. The molecule has 3 aromatic carbocycles. The first-order chi connectivity index (χ1) is 12.9. The van der Waals surface area contributed by atoms with Gasteiger partial charge in [-0.15, -0.1) is 0 Å². The van der Waals surface area contributed by atoms with Crippen LogP contribution in [0.1, 0.15) is 16.4 Å². The van der Waals surface area contributed by atoms with E-state index in [2.05, 4.69) is 97.1 Å². The molecule has 140 valence electrons. The van der Waals surface area contributed by atoms with Crippen molar-refractivity contribution >= 4 is 15.8 Å². The standard InChI is InChI=1S/C21H17S.ClH2O4/c1-4-10-17(11-5-1)20-16-21(18-12-6-2-7-13-18)22(20)19-14-8-3-9-15-19;2-1(3,4)5/h1-16,20H;2-3H/q+1;-1. The van der Waals surface area contributed by atoms with Gasteiger partial charge in [-0.05, 0) is 24.3 Å². The second-order valence-corrected chi connectivity index (χ2v) is 8.72. The van der Waals surface area contributed by atoms with Crippen molar-refractivity contribution in [3.05, 3.63) is 108 Å². The molecular weight excluding hydrogens is 384 g/mol. The monoisotopic (exact) mass is 402 g/mol. The van der Waals surface area contributed by atoms with Crippen molar-refractivity contribution in [2.75, 3.05) is 0 Å². The first-order valence-electron chi connectivity index (χ1n) is 8.18. The van der Waals surface area contributed by atoms with Crippen LogP contribution >= 0.6 is 0 Å². The summed E-state index contributed by atoms with van der Waals surface area (Å²) in [4.78, 5) is 2.90. The van der Waals surface area contributed by atoms with Gasteiger partial charge < -0.3 is 0 Å². The Hall–Kier alpha value is -2.12. The minimum atomic E-state index is -4.44. The Bertz CT molecular complexity index is 874. The molecule has 1 heterocycles. The summed E-state index contributed by atoms with van der Waals surface area (Å²) in [6, 6.07) is 32.5. The van der Waals surface area contributed by atoms with Crippen molar-refractivity contribution in [1.29, 1.82) is 0 Å². The van der Waals surface area contributed by atoms with Gasteiger partial charge in [-0.25, -0.2) is 0 Å². The molecular formula is C21H19ClO4S. The van der Waals surface area contributed by atoms with E-state index in [1.54, 1.807) is 0 Å². The molecule has 4 rings (SSSR count). The van der Waals surface area contributed by atoms with Crippen molar-refractivity contribution in [3.63, 3.8) is 0 Å². The molecule has 1 aliphatic rings. The molecule has 2 unspecified atom stereocenters. The molecule has 0 bridgehead atoms. The van der Waals surface area contributed by atoms with E-state index < -0.39 is 10.2 Å². The second-order valence-electron chi connectivity index (χ2n) is 5.79. The zero-order valence-electron chi connectivity index (χ0n) is 14.3. The van der Waals surface area contributed by atoms with E-state index in [-0.39, 0.29) is 10.9 Å². The molecule has 0 saturated carbocycles. The molecule has 0 radical (unpaired) electrons. The summed E-state index contributed by atoms with van der Waals surface area (Å²) >= 11 is 0. The fourth-order valence-electron chi connectivity index (χ4n) is 2.88. The van der Waals surface area contributed by atoms with Gasteiger partial charge in [-0.2, -0.15) is 0 Å². The predicted octanol–water partition coefficient (Wildman–Crippen LogP) is 1.97. The summed E-state index contributed by atoms with van der Waals surface area (Å²) in [7, 11) is -4.32. The maximum atomic E-state index is 8.72. The van der Waals surface area contributed by atoms with Gasteiger partial charge in [0.05, 0.1) is 10.9 Å². The normalized spacial score (nSPS) is 19.2. The van der Waals surface area contributed by atoms with Crippen molar-refractivity contribution in [2.45, 2.75) is 10.1 Å². The fraction of sp³-hybridized carbons (Fsp3) is 0.0476. The molecule has 0 aromatic heterocycles. The Labute approximate surface area is 163 Å². The van der Waals surface area contributed by atoms with Gasteiger partial charge in [0, 0.05) is 17.2 Å². The van der Waals surface area contributed by atoms with E-state index in [1.807, 2.05) is 0 Å². The molecule has 0 fully saturated rings. The molecule has 2 atom stereocenters. The summed E-state index contributed by atoms with van der Waals surface area (Å²) in [6.07, 6.45) is 2.43. The molecule has 0 aliphatic carbocycles.